The number of hydrogen-bond acceptors (Lipinski definition) is 6. The highest BCUT2D eigenvalue weighted by atomic mass is 32.2. The van der Waals surface area contributed by atoms with Crippen LogP contribution in [0, 0.1) is 5.92 Å². The average Bonchev–Trinajstić information content (AvgIpc) is 3.41. The summed E-state index contributed by atoms with van der Waals surface area (Å²) in [5.74, 6) is -0.540. The number of esters is 1. The van der Waals surface area contributed by atoms with E-state index < -0.39 is 16.1 Å². The summed E-state index contributed by atoms with van der Waals surface area (Å²) in [6.07, 6.45) is 4.72. The lowest BCUT2D eigenvalue weighted by Gasteiger charge is -2.38. The molecule has 5 rings (SSSR count). The Labute approximate surface area is 241 Å². The summed E-state index contributed by atoms with van der Waals surface area (Å²) < 4.78 is 39.8. The van der Waals surface area contributed by atoms with Gasteiger partial charge in [0, 0.05) is 42.2 Å². The third-order valence-electron chi connectivity index (χ3n) is 8.22. The van der Waals surface area contributed by atoms with Crippen molar-refractivity contribution >= 4 is 32.8 Å². The first-order chi connectivity index (χ1) is 19.8. The molecule has 1 saturated carbocycles. The lowest BCUT2D eigenvalue weighted by Crippen LogP contribution is -2.51. The van der Waals surface area contributed by atoms with E-state index in [4.69, 9.17) is 9.47 Å². The third kappa shape index (κ3) is 6.66. The Morgan fingerprint density at radius 2 is 1.76 bits per heavy atom. The van der Waals surface area contributed by atoms with Crippen LogP contribution in [-0.4, -0.2) is 62.5 Å². The van der Waals surface area contributed by atoms with Gasteiger partial charge in [-0.3, -0.25) is 4.79 Å². The fourth-order valence-corrected chi connectivity index (χ4v) is 7.37. The first-order valence-electron chi connectivity index (χ1n) is 14.5. The van der Waals surface area contributed by atoms with Crippen LogP contribution >= 0.6 is 0 Å². The quantitative estimate of drug-likeness (QED) is 0.352. The molecule has 2 heterocycles. The van der Waals surface area contributed by atoms with Crippen molar-refractivity contribution in [3.05, 3.63) is 54.1 Å². The molecule has 2 aromatic carbocycles. The van der Waals surface area contributed by atoms with E-state index in [-0.39, 0.29) is 28.7 Å². The van der Waals surface area contributed by atoms with Gasteiger partial charge >= 0.3 is 5.97 Å². The van der Waals surface area contributed by atoms with Crippen LogP contribution < -0.4 is 4.72 Å². The molecule has 2 N–H and O–H groups in total. The van der Waals surface area contributed by atoms with E-state index in [9.17, 15) is 18.0 Å². The molecule has 1 unspecified atom stereocenters. The molecule has 1 atom stereocenters. The maximum Gasteiger partial charge on any atom is 0.328 e. The zero-order valence-electron chi connectivity index (χ0n) is 23.7. The van der Waals surface area contributed by atoms with Gasteiger partial charge in [0.2, 0.25) is 15.9 Å². The number of aromatic nitrogens is 1. The molecule has 0 radical (unpaired) electrons. The number of carbonyl (C=O) groups is 2. The maximum absolute atomic E-state index is 13.3. The van der Waals surface area contributed by atoms with Gasteiger partial charge in [-0.2, -0.15) is 0 Å². The van der Waals surface area contributed by atoms with E-state index in [1.54, 1.807) is 31.1 Å². The Kier molecular flexibility index (Phi) is 9.11. The fourth-order valence-electron chi connectivity index (χ4n) is 6.04. The average molecular weight is 582 g/mol. The molecule has 2 fully saturated rings. The molecule has 41 heavy (non-hydrogen) atoms. The highest BCUT2D eigenvalue weighted by molar-refractivity contribution is 7.89. The van der Waals surface area contributed by atoms with Gasteiger partial charge in [0.05, 0.1) is 18.1 Å². The van der Waals surface area contributed by atoms with Crippen LogP contribution in [0.1, 0.15) is 57.4 Å². The van der Waals surface area contributed by atoms with Gasteiger partial charge in [-0.15, -0.1) is 0 Å². The van der Waals surface area contributed by atoms with Gasteiger partial charge in [0.25, 0.3) is 0 Å². The van der Waals surface area contributed by atoms with Crippen LogP contribution in [0.5, 0.6) is 0 Å². The van der Waals surface area contributed by atoms with E-state index in [0.717, 1.165) is 40.6 Å². The Bertz CT molecular complexity index is 1480. The number of nitrogens with one attached hydrogen (secondary N) is 2. The molecule has 0 bridgehead atoms. The van der Waals surface area contributed by atoms with Crippen molar-refractivity contribution in [2.45, 2.75) is 75.5 Å². The maximum atomic E-state index is 13.3. The van der Waals surface area contributed by atoms with Crippen molar-refractivity contribution in [3.8, 4) is 11.3 Å². The first-order valence-corrected chi connectivity index (χ1v) is 16.0. The second-order valence-electron chi connectivity index (χ2n) is 11.0. The van der Waals surface area contributed by atoms with Crippen LogP contribution in [0.4, 0.5) is 0 Å². The van der Waals surface area contributed by atoms with E-state index >= 15 is 0 Å². The number of piperidine rings is 1. The number of methoxy groups -OCH3 is 1. The summed E-state index contributed by atoms with van der Waals surface area (Å²) >= 11 is 0. The van der Waals surface area contributed by atoms with E-state index in [1.165, 1.54) is 0 Å². The molecule has 10 heteroatoms. The number of amides is 1. The number of aromatic amines is 1. The molecule has 2 aliphatic rings. The minimum atomic E-state index is -3.74. The molecule has 0 spiro atoms. The Morgan fingerprint density at radius 1 is 1.00 bits per heavy atom. The molecule has 1 aliphatic heterocycles. The molecule has 1 amide bonds. The number of rotatable bonds is 9. The number of fused-ring (bicyclic) bond motifs is 1. The topological polar surface area (TPSA) is 118 Å². The number of hydrogen-bond donors (Lipinski definition) is 2. The van der Waals surface area contributed by atoms with Gasteiger partial charge in [0.1, 0.15) is 6.04 Å². The fraction of sp³-hybridized carbons (Fsp3) is 0.484. The zero-order chi connectivity index (χ0) is 29.0. The summed E-state index contributed by atoms with van der Waals surface area (Å²) in [5.41, 5.74) is 3.75. The predicted octanol–water partition coefficient (Wildman–Crippen LogP) is 4.76. The smallest absolute Gasteiger partial charge is 0.328 e. The van der Waals surface area contributed by atoms with E-state index in [0.29, 0.717) is 51.9 Å². The predicted molar refractivity (Wildman–Crippen MR) is 157 cm³/mol. The molecular weight excluding hydrogens is 542 g/mol. The van der Waals surface area contributed by atoms with Gasteiger partial charge in [-0.1, -0.05) is 30.3 Å². The first kappa shape index (κ1) is 29.3. The van der Waals surface area contributed by atoms with Crippen LogP contribution in [0.25, 0.3) is 22.2 Å². The lowest BCUT2D eigenvalue weighted by atomic mass is 9.84. The summed E-state index contributed by atoms with van der Waals surface area (Å²) in [6, 6.07) is 14.4. The molecule has 1 aromatic heterocycles. The van der Waals surface area contributed by atoms with Crippen molar-refractivity contribution in [3.63, 3.8) is 0 Å². The Balaban J connectivity index is 1.21. The second-order valence-corrected chi connectivity index (χ2v) is 12.7. The van der Waals surface area contributed by atoms with Crippen LogP contribution in [-0.2, 0) is 35.7 Å². The lowest BCUT2D eigenvalue weighted by molar-refractivity contribution is -0.158. The number of nitrogens with zero attached hydrogens (tertiary/aromatic N) is 1. The Morgan fingerprint density at radius 3 is 2.46 bits per heavy atom. The monoisotopic (exact) mass is 581 g/mol. The van der Waals surface area contributed by atoms with Crippen molar-refractivity contribution in [1.82, 2.24) is 14.6 Å². The molecular formula is C31H39N3O6S. The van der Waals surface area contributed by atoms with Gasteiger partial charge in [-0.25, -0.2) is 17.9 Å². The minimum Gasteiger partial charge on any atom is -0.464 e. The highest BCUT2D eigenvalue weighted by Crippen LogP contribution is 2.31. The number of H-pyrrole nitrogens is 1. The second kappa shape index (κ2) is 12.8. The van der Waals surface area contributed by atoms with Crippen LogP contribution in [0.2, 0.25) is 0 Å². The minimum absolute atomic E-state index is 0.00889. The Hall–Kier alpha value is -3.21. The van der Waals surface area contributed by atoms with Crippen LogP contribution in [0.3, 0.4) is 0 Å². The third-order valence-corrected chi connectivity index (χ3v) is 9.74. The van der Waals surface area contributed by atoms with Gasteiger partial charge in [0.15, 0.2) is 0 Å². The number of carbonyl (C=O) groups excluding carboxylic acids is 2. The summed E-state index contributed by atoms with van der Waals surface area (Å²) in [6.45, 7) is 3.18. The molecule has 9 nitrogen and oxygen atoms in total. The largest absolute Gasteiger partial charge is 0.464 e. The zero-order valence-corrected chi connectivity index (χ0v) is 24.5. The van der Waals surface area contributed by atoms with Crippen molar-refractivity contribution in [2.24, 2.45) is 5.92 Å². The highest BCUT2D eigenvalue weighted by Gasteiger charge is 2.38. The summed E-state index contributed by atoms with van der Waals surface area (Å²) in [7, 11) is -2.08. The van der Waals surface area contributed by atoms with Gasteiger partial charge < -0.3 is 19.4 Å². The summed E-state index contributed by atoms with van der Waals surface area (Å²) in [4.78, 5) is 31.0. The SMILES string of the molecule is CCOC(=O)C1CCCCN1C(=O)C1CCC(NS(=O)(=O)c2ccc3cc(-c4ccc(COC)cc4)[nH]c3c2)CC1. The number of ether oxygens (including phenoxy) is 2. The number of benzene rings is 2. The number of sulfonamides is 1. The standard InChI is InChI=1S/C31H39N3O6S/c1-3-40-31(36)29-6-4-5-17-34(29)30(35)23-11-14-25(15-12-23)33-41(37,38)26-16-13-24-18-27(32-28(24)19-26)22-9-7-21(8-10-22)20-39-2/h7-10,13,16,18-19,23,25,29,32-33H,3-6,11-12,14-15,17,20H2,1-2H3. The van der Waals surface area contributed by atoms with Crippen molar-refractivity contribution in [1.29, 1.82) is 0 Å². The molecule has 3 aromatic rings. The van der Waals surface area contributed by atoms with Crippen LogP contribution in [0.15, 0.2) is 53.4 Å². The van der Waals surface area contributed by atoms with Gasteiger partial charge in [-0.05, 0) is 81.2 Å². The normalized spacial score (nSPS) is 21.6. The van der Waals surface area contributed by atoms with Crippen molar-refractivity contribution in [2.75, 3.05) is 20.3 Å². The summed E-state index contributed by atoms with van der Waals surface area (Å²) in [5, 5.41) is 0.928. The molecule has 1 saturated heterocycles. The molecule has 220 valence electrons. The van der Waals surface area contributed by atoms with E-state index in [2.05, 4.69) is 9.71 Å². The number of likely N-dealkylation sites (tertiary alicyclic amines) is 1. The van der Waals surface area contributed by atoms with Crippen molar-refractivity contribution < 1.29 is 27.5 Å². The van der Waals surface area contributed by atoms with E-state index in [1.807, 2.05) is 36.4 Å². The molecule has 1 aliphatic carbocycles.